The molecular formula is C17H27BrN2. The molecule has 1 N–H and O–H groups in total. The van der Waals surface area contributed by atoms with Crippen LogP contribution in [0.5, 0.6) is 0 Å². The maximum atomic E-state index is 3.61. The second kappa shape index (κ2) is 7.58. The monoisotopic (exact) mass is 338 g/mol. The Morgan fingerprint density at radius 2 is 1.80 bits per heavy atom. The van der Waals surface area contributed by atoms with Crippen LogP contribution in [0.25, 0.3) is 0 Å². The molecule has 2 rings (SSSR count). The molecule has 20 heavy (non-hydrogen) atoms. The van der Waals surface area contributed by atoms with E-state index in [0.717, 1.165) is 17.6 Å². The summed E-state index contributed by atoms with van der Waals surface area (Å²) in [4.78, 5) is 2.44. The predicted octanol–water partition coefficient (Wildman–Crippen LogP) is 4.19. The molecule has 0 radical (unpaired) electrons. The van der Waals surface area contributed by atoms with Gasteiger partial charge in [0, 0.05) is 16.6 Å². The summed E-state index contributed by atoms with van der Waals surface area (Å²) in [6, 6.07) is 8.66. The first-order valence-corrected chi connectivity index (χ1v) is 8.55. The van der Waals surface area contributed by atoms with Crippen LogP contribution >= 0.6 is 15.9 Å². The largest absolute Gasteiger partial charge is 0.314 e. The van der Waals surface area contributed by atoms with E-state index in [1.54, 1.807) is 0 Å². The van der Waals surface area contributed by atoms with Crippen molar-refractivity contribution in [2.45, 2.75) is 50.6 Å². The summed E-state index contributed by atoms with van der Waals surface area (Å²) in [5, 5.41) is 3.61. The van der Waals surface area contributed by atoms with Gasteiger partial charge in [0.2, 0.25) is 0 Å². The highest BCUT2D eigenvalue weighted by Crippen LogP contribution is 2.30. The number of hydrogen-bond acceptors (Lipinski definition) is 2. The summed E-state index contributed by atoms with van der Waals surface area (Å²) >= 11 is 3.49. The second-order valence-corrected chi connectivity index (χ2v) is 7.12. The summed E-state index contributed by atoms with van der Waals surface area (Å²) in [5.74, 6) is 0. The van der Waals surface area contributed by atoms with Gasteiger partial charge in [0.1, 0.15) is 0 Å². The Morgan fingerprint density at radius 1 is 1.15 bits per heavy atom. The molecule has 0 atom stereocenters. The molecule has 0 spiro atoms. The Morgan fingerprint density at radius 3 is 2.40 bits per heavy atom. The standard InChI is InChI=1S/C17H27BrN2/c1-19-17(10-4-3-5-11-17)12-13-20(2)14-15-6-8-16(18)9-7-15/h6-9,19H,3-5,10-14H2,1-2H3. The molecule has 1 aliphatic carbocycles. The van der Waals surface area contributed by atoms with Crippen LogP contribution in [0.15, 0.2) is 28.7 Å². The maximum Gasteiger partial charge on any atom is 0.0230 e. The third-order valence-corrected chi connectivity index (χ3v) is 5.21. The minimum absolute atomic E-state index is 0.395. The Labute approximate surface area is 132 Å². The molecule has 1 fully saturated rings. The van der Waals surface area contributed by atoms with E-state index in [1.165, 1.54) is 44.1 Å². The van der Waals surface area contributed by atoms with Crippen LogP contribution in [0.1, 0.15) is 44.1 Å². The first kappa shape index (κ1) is 16.0. The van der Waals surface area contributed by atoms with Crippen molar-refractivity contribution in [2.24, 2.45) is 0 Å². The van der Waals surface area contributed by atoms with Crippen molar-refractivity contribution < 1.29 is 0 Å². The van der Waals surface area contributed by atoms with E-state index in [2.05, 4.69) is 64.5 Å². The molecule has 1 aliphatic rings. The highest BCUT2D eigenvalue weighted by molar-refractivity contribution is 9.10. The van der Waals surface area contributed by atoms with Gasteiger partial charge >= 0.3 is 0 Å². The SMILES string of the molecule is CNC1(CCN(C)Cc2ccc(Br)cc2)CCCCC1. The zero-order valence-electron chi connectivity index (χ0n) is 12.8. The van der Waals surface area contributed by atoms with Gasteiger partial charge in [-0.25, -0.2) is 0 Å². The van der Waals surface area contributed by atoms with Crippen LogP contribution in [0.4, 0.5) is 0 Å². The van der Waals surface area contributed by atoms with Gasteiger partial charge in [-0.3, -0.25) is 0 Å². The summed E-state index contributed by atoms with van der Waals surface area (Å²) < 4.78 is 1.15. The summed E-state index contributed by atoms with van der Waals surface area (Å²) in [7, 11) is 4.37. The second-order valence-electron chi connectivity index (χ2n) is 6.21. The first-order chi connectivity index (χ1) is 9.63. The summed E-state index contributed by atoms with van der Waals surface area (Å²) in [6.07, 6.45) is 8.13. The topological polar surface area (TPSA) is 15.3 Å². The molecule has 0 bridgehead atoms. The van der Waals surface area contributed by atoms with Gasteiger partial charge in [0.15, 0.2) is 0 Å². The Hall–Kier alpha value is -0.380. The van der Waals surface area contributed by atoms with E-state index in [1.807, 2.05) is 0 Å². The van der Waals surface area contributed by atoms with E-state index < -0.39 is 0 Å². The normalized spacial score (nSPS) is 18.4. The number of nitrogens with zero attached hydrogens (tertiary/aromatic N) is 1. The lowest BCUT2D eigenvalue weighted by molar-refractivity contribution is 0.194. The van der Waals surface area contributed by atoms with E-state index in [4.69, 9.17) is 0 Å². The van der Waals surface area contributed by atoms with E-state index >= 15 is 0 Å². The van der Waals surface area contributed by atoms with Crippen LogP contribution in [0, 0.1) is 0 Å². The molecule has 2 nitrogen and oxygen atoms in total. The number of rotatable bonds is 6. The lowest BCUT2D eigenvalue weighted by atomic mass is 9.79. The van der Waals surface area contributed by atoms with E-state index in [9.17, 15) is 0 Å². The molecule has 0 aliphatic heterocycles. The molecule has 3 heteroatoms. The number of halogens is 1. The van der Waals surface area contributed by atoms with E-state index in [0.29, 0.717) is 5.54 Å². The van der Waals surface area contributed by atoms with Crippen molar-refractivity contribution in [3.63, 3.8) is 0 Å². The molecular weight excluding hydrogens is 312 g/mol. The fourth-order valence-electron chi connectivity index (χ4n) is 3.24. The lowest BCUT2D eigenvalue weighted by Gasteiger charge is -2.38. The highest BCUT2D eigenvalue weighted by Gasteiger charge is 2.29. The zero-order valence-corrected chi connectivity index (χ0v) is 14.4. The van der Waals surface area contributed by atoms with Gasteiger partial charge in [0.05, 0.1) is 0 Å². The van der Waals surface area contributed by atoms with Gasteiger partial charge in [-0.05, 0) is 57.6 Å². The van der Waals surface area contributed by atoms with Gasteiger partial charge in [0.25, 0.3) is 0 Å². The number of nitrogens with one attached hydrogen (secondary N) is 1. The minimum Gasteiger partial charge on any atom is -0.314 e. The molecule has 0 unspecified atom stereocenters. The van der Waals surface area contributed by atoms with Crippen LogP contribution in [0.3, 0.4) is 0 Å². The minimum atomic E-state index is 0.395. The zero-order chi connectivity index (χ0) is 14.4. The van der Waals surface area contributed by atoms with Crippen molar-refractivity contribution >= 4 is 15.9 Å². The Bertz CT molecular complexity index is 396. The van der Waals surface area contributed by atoms with E-state index in [-0.39, 0.29) is 0 Å². The average Bonchev–Trinajstić information content (AvgIpc) is 2.49. The number of hydrogen-bond donors (Lipinski definition) is 1. The third-order valence-electron chi connectivity index (χ3n) is 4.68. The first-order valence-electron chi connectivity index (χ1n) is 7.75. The average molecular weight is 339 g/mol. The fraction of sp³-hybridized carbons (Fsp3) is 0.647. The molecule has 0 saturated heterocycles. The lowest BCUT2D eigenvalue weighted by Crippen LogP contribution is -2.46. The van der Waals surface area contributed by atoms with Crippen molar-refractivity contribution in [2.75, 3.05) is 20.6 Å². The summed E-state index contributed by atoms with van der Waals surface area (Å²) in [6.45, 7) is 2.20. The maximum absolute atomic E-state index is 3.61. The van der Waals surface area contributed by atoms with Gasteiger partial charge in [-0.1, -0.05) is 47.3 Å². The Kier molecular flexibility index (Phi) is 6.06. The van der Waals surface area contributed by atoms with Gasteiger partial charge in [-0.2, -0.15) is 0 Å². The molecule has 0 amide bonds. The third kappa shape index (κ3) is 4.57. The highest BCUT2D eigenvalue weighted by atomic mass is 79.9. The molecule has 0 aromatic heterocycles. The van der Waals surface area contributed by atoms with Crippen molar-refractivity contribution in [3.8, 4) is 0 Å². The van der Waals surface area contributed by atoms with Gasteiger partial charge in [-0.15, -0.1) is 0 Å². The van der Waals surface area contributed by atoms with Crippen molar-refractivity contribution in [1.82, 2.24) is 10.2 Å². The van der Waals surface area contributed by atoms with Crippen LogP contribution < -0.4 is 5.32 Å². The molecule has 112 valence electrons. The van der Waals surface area contributed by atoms with Crippen LogP contribution in [-0.2, 0) is 6.54 Å². The quantitative estimate of drug-likeness (QED) is 0.836. The number of benzene rings is 1. The molecule has 1 saturated carbocycles. The van der Waals surface area contributed by atoms with Crippen molar-refractivity contribution in [1.29, 1.82) is 0 Å². The summed E-state index contributed by atoms with van der Waals surface area (Å²) in [5.41, 5.74) is 1.78. The van der Waals surface area contributed by atoms with Gasteiger partial charge < -0.3 is 10.2 Å². The Balaban J connectivity index is 1.81. The molecule has 1 aromatic carbocycles. The molecule has 0 heterocycles. The molecule has 1 aromatic rings. The fourth-order valence-corrected chi connectivity index (χ4v) is 3.50. The van der Waals surface area contributed by atoms with Crippen LogP contribution in [-0.4, -0.2) is 31.1 Å². The van der Waals surface area contributed by atoms with Crippen molar-refractivity contribution in [3.05, 3.63) is 34.3 Å². The smallest absolute Gasteiger partial charge is 0.0230 e. The predicted molar refractivity (Wildman–Crippen MR) is 90.0 cm³/mol. The van der Waals surface area contributed by atoms with Crippen LogP contribution in [0.2, 0.25) is 0 Å².